The highest BCUT2D eigenvalue weighted by Gasteiger charge is 2.21. The second-order valence-electron chi connectivity index (χ2n) is 3.10. The standard InChI is InChI=1S/C10H10O3S/c11-10(12)5-7-6-14-9-4-2-1-3-8(9)13-7/h1-4,7H,5-6H2,(H,11,12)/t7-/m0/s1. The molecule has 14 heavy (non-hydrogen) atoms. The lowest BCUT2D eigenvalue weighted by Crippen LogP contribution is -2.26. The minimum atomic E-state index is -0.810. The van der Waals surface area contributed by atoms with Crippen LogP contribution in [0.2, 0.25) is 0 Å². The molecule has 0 aliphatic carbocycles. The normalized spacial score (nSPS) is 19.6. The fourth-order valence-corrected chi connectivity index (χ4v) is 2.34. The summed E-state index contributed by atoms with van der Waals surface area (Å²) < 4.78 is 5.54. The number of aliphatic carboxylic acids is 1. The predicted octanol–water partition coefficient (Wildman–Crippen LogP) is 2.01. The van der Waals surface area contributed by atoms with Gasteiger partial charge in [0.2, 0.25) is 0 Å². The van der Waals surface area contributed by atoms with E-state index in [-0.39, 0.29) is 12.5 Å². The number of benzene rings is 1. The molecule has 0 fully saturated rings. The van der Waals surface area contributed by atoms with Gasteiger partial charge in [-0.3, -0.25) is 4.79 Å². The highest BCUT2D eigenvalue weighted by Crippen LogP contribution is 2.35. The lowest BCUT2D eigenvalue weighted by molar-refractivity contribution is -0.138. The topological polar surface area (TPSA) is 46.5 Å². The Balaban J connectivity index is 2.09. The molecule has 0 bridgehead atoms. The molecule has 0 aromatic heterocycles. The van der Waals surface area contributed by atoms with E-state index >= 15 is 0 Å². The lowest BCUT2D eigenvalue weighted by Gasteiger charge is -2.24. The molecule has 1 aromatic rings. The summed E-state index contributed by atoms with van der Waals surface area (Å²) in [5.41, 5.74) is 0. The molecule has 0 saturated heterocycles. The molecule has 1 atom stereocenters. The van der Waals surface area contributed by atoms with E-state index in [0.29, 0.717) is 5.75 Å². The summed E-state index contributed by atoms with van der Waals surface area (Å²) in [4.78, 5) is 11.6. The van der Waals surface area contributed by atoms with Crippen LogP contribution in [0.4, 0.5) is 0 Å². The zero-order valence-electron chi connectivity index (χ0n) is 7.47. The van der Waals surface area contributed by atoms with E-state index in [1.807, 2.05) is 24.3 Å². The van der Waals surface area contributed by atoms with Gasteiger partial charge < -0.3 is 9.84 Å². The highest BCUT2D eigenvalue weighted by atomic mass is 32.2. The minimum absolute atomic E-state index is 0.0708. The van der Waals surface area contributed by atoms with Gasteiger partial charge in [-0.25, -0.2) is 0 Å². The average molecular weight is 210 g/mol. The molecule has 74 valence electrons. The van der Waals surface area contributed by atoms with Gasteiger partial charge in [-0.05, 0) is 12.1 Å². The van der Waals surface area contributed by atoms with E-state index in [9.17, 15) is 4.79 Å². The first kappa shape index (κ1) is 9.40. The third kappa shape index (κ3) is 2.01. The van der Waals surface area contributed by atoms with E-state index in [1.54, 1.807) is 11.8 Å². The number of carbonyl (C=O) groups is 1. The molecule has 0 unspecified atom stereocenters. The maximum absolute atomic E-state index is 10.5. The molecule has 1 aliphatic rings. The first-order chi connectivity index (χ1) is 6.75. The van der Waals surface area contributed by atoms with Crippen molar-refractivity contribution in [2.45, 2.75) is 17.4 Å². The van der Waals surface area contributed by atoms with E-state index < -0.39 is 5.97 Å². The molecule has 2 rings (SSSR count). The molecular formula is C10H10O3S. The molecule has 0 amide bonds. The maximum Gasteiger partial charge on any atom is 0.307 e. The van der Waals surface area contributed by atoms with E-state index in [1.165, 1.54) is 0 Å². The Morgan fingerprint density at radius 3 is 3.14 bits per heavy atom. The summed E-state index contributed by atoms with van der Waals surface area (Å²) in [6, 6.07) is 7.70. The molecule has 0 saturated carbocycles. The average Bonchev–Trinajstić information content (AvgIpc) is 2.17. The molecule has 4 heteroatoms. The largest absolute Gasteiger partial charge is 0.488 e. The molecule has 0 spiro atoms. The van der Waals surface area contributed by atoms with Crippen molar-refractivity contribution in [2.75, 3.05) is 5.75 Å². The van der Waals surface area contributed by atoms with E-state index in [4.69, 9.17) is 9.84 Å². The van der Waals surface area contributed by atoms with Crippen molar-refractivity contribution in [3.05, 3.63) is 24.3 Å². The van der Waals surface area contributed by atoms with Crippen LogP contribution in [-0.2, 0) is 4.79 Å². The van der Waals surface area contributed by atoms with Gasteiger partial charge in [0.15, 0.2) is 0 Å². The number of fused-ring (bicyclic) bond motifs is 1. The number of carboxylic acids is 1. The predicted molar refractivity (Wildman–Crippen MR) is 53.8 cm³/mol. The van der Waals surface area contributed by atoms with Gasteiger partial charge in [-0.2, -0.15) is 0 Å². The van der Waals surface area contributed by atoms with Crippen LogP contribution in [0.3, 0.4) is 0 Å². The fourth-order valence-electron chi connectivity index (χ4n) is 1.36. The highest BCUT2D eigenvalue weighted by molar-refractivity contribution is 7.99. The Bertz CT molecular complexity index is 351. The van der Waals surface area contributed by atoms with Crippen LogP contribution in [0.15, 0.2) is 29.2 Å². The molecule has 1 N–H and O–H groups in total. The Kier molecular flexibility index (Phi) is 2.63. The maximum atomic E-state index is 10.5. The zero-order chi connectivity index (χ0) is 9.97. The van der Waals surface area contributed by atoms with Crippen LogP contribution < -0.4 is 4.74 Å². The van der Waals surface area contributed by atoms with Crippen LogP contribution in [0.25, 0.3) is 0 Å². The second kappa shape index (κ2) is 3.92. The SMILES string of the molecule is O=C(O)C[C@H]1CSc2ccccc2O1. The molecule has 1 aliphatic heterocycles. The molecule has 0 radical (unpaired) electrons. The number of hydrogen-bond donors (Lipinski definition) is 1. The lowest BCUT2D eigenvalue weighted by atomic mass is 10.2. The number of rotatable bonds is 2. The monoisotopic (exact) mass is 210 g/mol. The molecule has 3 nitrogen and oxygen atoms in total. The van der Waals surface area contributed by atoms with Crippen molar-refractivity contribution in [3.63, 3.8) is 0 Å². The number of para-hydroxylation sites is 1. The van der Waals surface area contributed by atoms with Gasteiger partial charge >= 0.3 is 5.97 Å². The van der Waals surface area contributed by atoms with Gasteiger partial charge in [0.05, 0.1) is 6.42 Å². The van der Waals surface area contributed by atoms with Gasteiger partial charge in [0.25, 0.3) is 0 Å². The number of hydrogen-bond acceptors (Lipinski definition) is 3. The quantitative estimate of drug-likeness (QED) is 0.811. The smallest absolute Gasteiger partial charge is 0.307 e. The van der Waals surface area contributed by atoms with Crippen molar-refractivity contribution in [3.8, 4) is 5.75 Å². The van der Waals surface area contributed by atoms with Crippen LogP contribution in [0.5, 0.6) is 5.75 Å². The molecule has 1 aromatic carbocycles. The van der Waals surface area contributed by atoms with Crippen molar-refractivity contribution < 1.29 is 14.6 Å². The summed E-state index contributed by atoms with van der Waals surface area (Å²) in [5, 5.41) is 8.62. The van der Waals surface area contributed by atoms with Crippen LogP contribution >= 0.6 is 11.8 Å². The molecular weight excluding hydrogens is 200 g/mol. The fraction of sp³-hybridized carbons (Fsp3) is 0.300. The summed E-state index contributed by atoms with van der Waals surface area (Å²) in [7, 11) is 0. The number of carboxylic acid groups (broad SMARTS) is 1. The molecule has 1 heterocycles. The van der Waals surface area contributed by atoms with Crippen molar-refractivity contribution >= 4 is 17.7 Å². The van der Waals surface area contributed by atoms with Crippen LogP contribution in [0.1, 0.15) is 6.42 Å². The van der Waals surface area contributed by atoms with Crippen molar-refractivity contribution in [1.82, 2.24) is 0 Å². The van der Waals surface area contributed by atoms with Gasteiger partial charge in [-0.15, -0.1) is 11.8 Å². The third-order valence-electron chi connectivity index (χ3n) is 1.97. The zero-order valence-corrected chi connectivity index (χ0v) is 8.29. The van der Waals surface area contributed by atoms with Crippen molar-refractivity contribution in [2.24, 2.45) is 0 Å². The summed E-state index contributed by atoms with van der Waals surface area (Å²) >= 11 is 1.65. The van der Waals surface area contributed by atoms with Crippen LogP contribution in [-0.4, -0.2) is 22.9 Å². The summed E-state index contributed by atoms with van der Waals surface area (Å²) in [6.45, 7) is 0. The Morgan fingerprint density at radius 1 is 1.57 bits per heavy atom. The number of thioether (sulfide) groups is 1. The summed E-state index contributed by atoms with van der Waals surface area (Å²) in [6.07, 6.45) is -0.131. The first-order valence-corrected chi connectivity index (χ1v) is 5.34. The first-order valence-electron chi connectivity index (χ1n) is 4.36. The Morgan fingerprint density at radius 2 is 2.36 bits per heavy atom. The van der Waals surface area contributed by atoms with E-state index in [2.05, 4.69) is 0 Å². The van der Waals surface area contributed by atoms with Crippen molar-refractivity contribution in [1.29, 1.82) is 0 Å². The Labute approximate surface area is 86.1 Å². The van der Waals surface area contributed by atoms with Gasteiger partial charge in [0.1, 0.15) is 11.9 Å². The Hall–Kier alpha value is -1.16. The van der Waals surface area contributed by atoms with E-state index in [0.717, 1.165) is 10.6 Å². The minimum Gasteiger partial charge on any atom is -0.488 e. The third-order valence-corrected chi connectivity index (χ3v) is 3.16. The van der Waals surface area contributed by atoms with Gasteiger partial charge in [0, 0.05) is 10.6 Å². The van der Waals surface area contributed by atoms with Crippen LogP contribution in [0, 0.1) is 0 Å². The number of ether oxygens (including phenoxy) is 1. The summed E-state index contributed by atoms with van der Waals surface area (Å²) in [5.74, 6) is 0.702. The van der Waals surface area contributed by atoms with Gasteiger partial charge in [-0.1, -0.05) is 12.1 Å². The second-order valence-corrected chi connectivity index (χ2v) is 4.16.